The molecule has 5 aromatic rings. The van der Waals surface area contributed by atoms with E-state index in [1.165, 1.54) is 18.2 Å². The molecule has 6 rings (SSSR count). The number of hydrogen-bond acceptors (Lipinski definition) is 10. The highest BCUT2D eigenvalue weighted by atomic mass is 16.6. The standard InChI is InChI=1S/C30H19N7O8/c1-18-24(30(38)34(31-18)25-12-11-23(36(41)42)16-26(25)37(43)44)15-20-17-33(21-5-3-2-4-6-21)32-29(20)28-14-13-27(45-28)19-7-9-22(10-8-19)35(39)40/h2-17H,1H3. The molecule has 1 amide bonds. The van der Waals surface area contributed by atoms with Gasteiger partial charge in [0, 0.05) is 35.5 Å². The Hall–Kier alpha value is -6.77. The zero-order valence-electron chi connectivity index (χ0n) is 23.1. The van der Waals surface area contributed by atoms with Gasteiger partial charge in [0.15, 0.2) is 5.76 Å². The molecule has 0 saturated carbocycles. The lowest BCUT2D eigenvalue weighted by atomic mass is 10.1. The fourth-order valence-corrected chi connectivity index (χ4v) is 4.72. The molecular weight excluding hydrogens is 586 g/mol. The Morgan fingerprint density at radius 1 is 0.800 bits per heavy atom. The molecule has 0 fully saturated rings. The summed E-state index contributed by atoms with van der Waals surface area (Å²) in [6, 6.07) is 21.4. The van der Waals surface area contributed by atoms with E-state index >= 15 is 0 Å². The van der Waals surface area contributed by atoms with E-state index in [-0.39, 0.29) is 22.7 Å². The Labute approximate surface area is 252 Å². The van der Waals surface area contributed by atoms with Crippen molar-refractivity contribution in [2.45, 2.75) is 6.92 Å². The first kappa shape index (κ1) is 28.4. The highest BCUT2D eigenvalue weighted by Crippen LogP contribution is 2.37. The van der Waals surface area contributed by atoms with Crippen LogP contribution >= 0.6 is 0 Å². The lowest BCUT2D eigenvalue weighted by molar-refractivity contribution is -0.393. The van der Waals surface area contributed by atoms with E-state index in [9.17, 15) is 35.1 Å². The minimum absolute atomic E-state index is 0.0626. The lowest BCUT2D eigenvalue weighted by Crippen LogP contribution is -2.22. The van der Waals surface area contributed by atoms with Crippen molar-refractivity contribution < 1.29 is 24.0 Å². The minimum Gasteiger partial charge on any atom is -0.454 e. The van der Waals surface area contributed by atoms with E-state index in [1.54, 1.807) is 42.1 Å². The van der Waals surface area contributed by atoms with Gasteiger partial charge in [0.1, 0.15) is 17.1 Å². The number of nitro benzene ring substituents is 3. The molecule has 0 aliphatic carbocycles. The molecule has 3 aromatic carbocycles. The number of aromatic nitrogens is 2. The van der Waals surface area contributed by atoms with E-state index in [2.05, 4.69) is 5.10 Å². The van der Waals surface area contributed by atoms with Crippen LogP contribution in [0.4, 0.5) is 22.7 Å². The van der Waals surface area contributed by atoms with Crippen LogP contribution < -0.4 is 5.01 Å². The summed E-state index contributed by atoms with van der Waals surface area (Å²) < 4.78 is 7.69. The molecule has 0 saturated heterocycles. The van der Waals surface area contributed by atoms with Gasteiger partial charge < -0.3 is 4.42 Å². The fraction of sp³-hybridized carbons (Fsp3) is 0.0333. The van der Waals surface area contributed by atoms with Crippen molar-refractivity contribution in [1.82, 2.24) is 9.78 Å². The SMILES string of the molecule is CC1=NN(c2ccc([N+](=O)[O-])cc2[N+](=O)[O-])C(=O)C1=Cc1cn(-c2ccccc2)nc1-c1ccc(-c2ccc([N+](=O)[O-])cc2)o1. The largest absolute Gasteiger partial charge is 0.454 e. The molecule has 1 aliphatic rings. The van der Waals surface area contributed by atoms with Crippen LogP contribution in [0.15, 0.2) is 106 Å². The van der Waals surface area contributed by atoms with Crippen LogP contribution in [0.3, 0.4) is 0 Å². The molecule has 0 spiro atoms. The number of nitro groups is 3. The van der Waals surface area contributed by atoms with E-state index < -0.39 is 32.1 Å². The average molecular weight is 606 g/mol. The van der Waals surface area contributed by atoms with Crippen molar-refractivity contribution in [2.75, 3.05) is 5.01 Å². The van der Waals surface area contributed by atoms with Gasteiger partial charge in [-0.2, -0.15) is 15.2 Å². The summed E-state index contributed by atoms with van der Waals surface area (Å²) in [4.78, 5) is 45.5. The number of carbonyl (C=O) groups excluding carboxylic acids is 1. The molecule has 0 atom stereocenters. The van der Waals surface area contributed by atoms with Gasteiger partial charge in [-0.05, 0) is 55.5 Å². The first-order valence-electron chi connectivity index (χ1n) is 13.2. The van der Waals surface area contributed by atoms with Gasteiger partial charge in [0.05, 0.1) is 37.8 Å². The zero-order chi connectivity index (χ0) is 31.8. The number of anilines is 1. The third-order valence-electron chi connectivity index (χ3n) is 6.92. The van der Waals surface area contributed by atoms with Crippen molar-refractivity contribution in [1.29, 1.82) is 0 Å². The normalized spacial score (nSPS) is 13.7. The molecule has 0 radical (unpaired) electrons. The fourth-order valence-electron chi connectivity index (χ4n) is 4.72. The predicted molar refractivity (Wildman–Crippen MR) is 162 cm³/mol. The van der Waals surface area contributed by atoms with Crippen molar-refractivity contribution in [3.8, 4) is 28.5 Å². The van der Waals surface area contributed by atoms with Crippen LogP contribution in [0.25, 0.3) is 34.5 Å². The summed E-state index contributed by atoms with van der Waals surface area (Å²) in [5, 5.41) is 43.7. The molecule has 45 heavy (non-hydrogen) atoms. The Morgan fingerprint density at radius 3 is 2.13 bits per heavy atom. The van der Waals surface area contributed by atoms with E-state index in [0.29, 0.717) is 28.3 Å². The van der Waals surface area contributed by atoms with Crippen molar-refractivity contribution >= 4 is 40.4 Å². The van der Waals surface area contributed by atoms with E-state index in [0.717, 1.165) is 28.9 Å². The van der Waals surface area contributed by atoms with Crippen LogP contribution in [-0.2, 0) is 4.79 Å². The van der Waals surface area contributed by atoms with Crippen LogP contribution in [0.2, 0.25) is 0 Å². The summed E-state index contributed by atoms with van der Waals surface area (Å²) in [7, 11) is 0. The highest BCUT2D eigenvalue weighted by Gasteiger charge is 2.34. The molecule has 1 aliphatic heterocycles. The summed E-state index contributed by atoms with van der Waals surface area (Å²) >= 11 is 0. The van der Waals surface area contributed by atoms with Crippen LogP contribution in [0.5, 0.6) is 0 Å². The number of amides is 1. The summed E-state index contributed by atoms with van der Waals surface area (Å²) in [5.74, 6) is 0.0840. The second kappa shape index (κ2) is 11.1. The zero-order valence-corrected chi connectivity index (χ0v) is 23.1. The Bertz CT molecular complexity index is 2080. The maximum absolute atomic E-state index is 13.6. The van der Waals surface area contributed by atoms with Crippen molar-refractivity contribution in [2.24, 2.45) is 5.10 Å². The molecule has 2 aromatic heterocycles. The number of para-hydroxylation sites is 1. The third kappa shape index (κ3) is 5.32. The molecule has 222 valence electrons. The van der Waals surface area contributed by atoms with Gasteiger partial charge in [0.25, 0.3) is 17.3 Å². The second-order valence-electron chi connectivity index (χ2n) is 9.73. The van der Waals surface area contributed by atoms with Crippen LogP contribution in [0, 0.1) is 30.3 Å². The molecule has 3 heterocycles. The van der Waals surface area contributed by atoms with Crippen molar-refractivity contribution in [3.63, 3.8) is 0 Å². The third-order valence-corrected chi connectivity index (χ3v) is 6.92. The molecule has 0 N–H and O–H groups in total. The molecule has 0 unspecified atom stereocenters. The molecular formula is C30H19N7O8. The van der Waals surface area contributed by atoms with Gasteiger partial charge in [0.2, 0.25) is 0 Å². The Morgan fingerprint density at radius 2 is 1.47 bits per heavy atom. The highest BCUT2D eigenvalue weighted by molar-refractivity contribution is 6.32. The van der Waals surface area contributed by atoms with Gasteiger partial charge in [-0.25, -0.2) is 4.68 Å². The number of carbonyl (C=O) groups is 1. The van der Waals surface area contributed by atoms with Gasteiger partial charge in [-0.1, -0.05) is 18.2 Å². The van der Waals surface area contributed by atoms with E-state index in [1.807, 2.05) is 30.3 Å². The summed E-state index contributed by atoms with van der Waals surface area (Å²) in [5.41, 5.74) is 1.06. The predicted octanol–water partition coefficient (Wildman–Crippen LogP) is 6.33. The Balaban J connectivity index is 1.41. The maximum Gasteiger partial charge on any atom is 0.301 e. The first-order valence-corrected chi connectivity index (χ1v) is 13.2. The second-order valence-corrected chi connectivity index (χ2v) is 9.73. The number of non-ortho nitro benzene ring substituents is 2. The molecule has 15 nitrogen and oxygen atoms in total. The first-order chi connectivity index (χ1) is 21.6. The van der Waals surface area contributed by atoms with Gasteiger partial charge >= 0.3 is 5.69 Å². The van der Waals surface area contributed by atoms with Gasteiger partial charge in [-0.15, -0.1) is 0 Å². The van der Waals surface area contributed by atoms with Crippen molar-refractivity contribution in [3.05, 3.63) is 133 Å². The number of hydrogen-bond donors (Lipinski definition) is 0. The maximum atomic E-state index is 13.6. The Kier molecular flexibility index (Phi) is 7.02. The number of furan rings is 1. The topological polar surface area (TPSA) is 193 Å². The van der Waals surface area contributed by atoms with Gasteiger partial charge in [-0.3, -0.25) is 35.1 Å². The lowest BCUT2D eigenvalue weighted by Gasteiger charge is -2.11. The average Bonchev–Trinajstić information content (AvgIpc) is 3.76. The molecule has 0 bridgehead atoms. The number of rotatable bonds is 8. The number of nitrogens with zero attached hydrogens (tertiary/aromatic N) is 7. The summed E-state index contributed by atoms with van der Waals surface area (Å²) in [6.45, 7) is 1.56. The van der Waals surface area contributed by atoms with Crippen LogP contribution in [-0.4, -0.2) is 36.2 Å². The van der Waals surface area contributed by atoms with Crippen LogP contribution in [0.1, 0.15) is 12.5 Å². The smallest absolute Gasteiger partial charge is 0.301 e. The monoisotopic (exact) mass is 605 g/mol. The quantitative estimate of drug-likeness (QED) is 0.110. The number of hydrazone groups is 1. The minimum atomic E-state index is -0.816. The van der Waals surface area contributed by atoms with E-state index in [4.69, 9.17) is 9.52 Å². The molecule has 15 heteroatoms. The number of benzene rings is 3. The summed E-state index contributed by atoms with van der Waals surface area (Å²) in [6.07, 6.45) is 3.22.